The fourth-order valence-corrected chi connectivity index (χ4v) is 6.87. The van der Waals surface area contributed by atoms with E-state index in [2.05, 4.69) is 83.4 Å². The van der Waals surface area contributed by atoms with Gasteiger partial charge in [0.05, 0.1) is 25.3 Å². The minimum Gasteiger partial charge on any atom is -0.379 e. The first kappa shape index (κ1) is 32.0. The molecule has 238 valence electrons. The van der Waals surface area contributed by atoms with E-state index in [0.29, 0.717) is 23.2 Å². The molecule has 1 aromatic heterocycles. The monoisotopic (exact) mass is 602 g/mol. The second-order valence-electron chi connectivity index (χ2n) is 12.7. The van der Waals surface area contributed by atoms with Gasteiger partial charge in [0.15, 0.2) is 0 Å². The summed E-state index contributed by atoms with van der Waals surface area (Å²) in [5.41, 5.74) is 7.39. The van der Waals surface area contributed by atoms with E-state index in [-0.39, 0.29) is 18.0 Å². The maximum Gasteiger partial charge on any atom is 0.269 e. The van der Waals surface area contributed by atoms with Crippen LogP contribution >= 0.6 is 0 Å². The predicted molar refractivity (Wildman–Crippen MR) is 177 cm³/mol. The third kappa shape index (κ3) is 7.11. The quantitative estimate of drug-likeness (QED) is 0.357. The van der Waals surface area contributed by atoms with Gasteiger partial charge >= 0.3 is 0 Å². The number of amides is 1. The van der Waals surface area contributed by atoms with Crippen LogP contribution in [0, 0.1) is 13.8 Å². The Kier molecular flexibility index (Phi) is 10.3. The first-order chi connectivity index (χ1) is 21.2. The van der Waals surface area contributed by atoms with Gasteiger partial charge in [0, 0.05) is 62.3 Å². The lowest BCUT2D eigenvalue weighted by molar-refractivity contribution is 0.0342. The van der Waals surface area contributed by atoms with Gasteiger partial charge in [0.2, 0.25) is 0 Å². The predicted octanol–water partition coefficient (Wildman–Crippen LogP) is 4.46. The number of benzene rings is 2. The van der Waals surface area contributed by atoms with Gasteiger partial charge in [-0.3, -0.25) is 24.3 Å². The van der Waals surface area contributed by atoms with E-state index in [1.807, 2.05) is 13.0 Å². The van der Waals surface area contributed by atoms with E-state index in [0.717, 1.165) is 80.3 Å². The van der Waals surface area contributed by atoms with Crippen molar-refractivity contribution in [2.75, 3.05) is 51.8 Å². The van der Waals surface area contributed by atoms with Crippen molar-refractivity contribution < 1.29 is 9.53 Å². The molecule has 44 heavy (non-hydrogen) atoms. The van der Waals surface area contributed by atoms with E-state index < -0.39 is 0 Å². The highest BCUT2D eigenvalue weighted by molar-refractivity contribution is 5.99. The topological polar surface area (TPSA) is 85.8 Å². The summed E-state index contributed by atoms with van der Waals surface area (Å²) >= 11 is 0. The van der Waals surface area contributed by atoms with Crippen LogP contribution in [0.25, 0.3) is 11.1 Å². The van der Waals surface area contributed by atoms with Crippen LogP contribution < -0.4 is 15.8 Å². The Bertz CT molecular complexity index is 1480. The largest absolute Gasteiger partial charge is 0.379 e. The van der Waals surface area contributed by atoms with Crippen molar-refractivity contribution in [1.82, 2.24) is 24.9 Å². The molecule has 0 unspecified atom stereocenters. The molecule has 1 saturated carbocycles. The zero-order valence-corrected chi connectivity index (χ0v) is 27.4. The lowest BCUT2D eigenvalue weighted by Crippen LogP contribution is -2.42. The number of morpholine rings is 1. The maximum absolute atomic E-state index is 13.8. The normalized spacial score (nSPS) is 19.3. The Hall–Kier alpha value is -3.40. The molecule has 9 nitrogen and oxygen atoms in total. The number of H-pyrrole nitrogens is 1. The summed E-state index contributed by atoms with van der Waals surface area (Å²) < 4.78 is 7.21. The third-order valence-electron chi connectivity index (χ3n) is 9.82. The zero-order chi connectivity index (χ0) is 31.4. The van der Waals surface area contributed by atoms with Gasteiger partial charge in [0.25, 0.3) is 11.5 Å². The summed E-state index contributed by atoms with van der Waals surface area (Å²) in [5.74, 6) is -0.162. The molecular formula is C35H50N6O3. The number of anilines is 1. The molecule has 2 fully saturated rings. The molecule has 3 aromatic rings. The summed E-state index contributed by atoms with van der Waals surface area (Å²) in [5, 5.41) is 5.83. The zero-order valence-electron chi connectivity index (χ0n) is 27.4. The smallest absolute Gasteiger partial charge is 0.269 e. The molecular weight excluding hydrogens is 552 g/mol. The van der Waals surface area contributed by atoms with Gasteiger partial charge in [0.1, 0.15) is 0 Å². The van der Waals surface area contributed by atoms with E-state index in [1.54, 1.807) is 11.7 Å². The van der Waals surface area contributed by atoms with Crippen molar-refractivity contribution in [3.8, 4) is 11.1 Å². The Labute approximate surface area is 262 Å². The summed E-state index contributed by atoms with van der Waals surface area (Å²) in [6, 6.07) is 14.1. The van der Waals surface area contributed by atoms with Crippen LogP contribution in [-0.2, 0) is 24.9 Å². The van der Waals surface area contributed by atoms with E-state index in [1.165, 1.54) is 18.4 Å². The second kappa shape index (κ2) is 14.1. The number of hydrogen-bond donors (Lipinski definition) is 2. The van der Waals surface area contributed by atoms with Crippen LogP contribution in [0.1, 0.15) is 65.3 Å². The fourth-order valence-electron chi connectivity index (χ4n) is 6.87. The molecule has 2 aliphatic rings. The lowest BCUT2D eigenvalue weighted by Gasteiger charge is -2.40. The average Bonchev–Trinajstić information content (AvgIpc) is 3.27. The minimum atomic E-state index is -0.167. The van der Waals surface area contributed by atoms with Crippen molar-refractivity contribution in [3.05, 3.63) is 74.7 Å². The van der Waals surface area contributed by atoms with Crippen molar-refractivity contribution in [2.24, 2.45) is 7.05 Å². The van der Waals surface area contributed by atoms with Gasteiger partial charge in [-0.2, -0.15) is 0 Å². The van der Waals surface area contributed by atoms with Crippen LogP contribution in [-0.4, -0.2) is 84.5 Å². The highest BCUT2D eigenvalue weighted by Gasteiger charge is 2.28. The summed E-state index contributed by atoms with van der Waals surface area (Å²) in [6.45, 7) is 11.6. The van der Waals surface area contributed by atoms with Crippen molar-refractivity contribution in [2.45, 2.75) is 71.6 Å². The number of carbonyl (C=O) groups is 1. The number of aryl methyl sites for hydroxylation is 1. The van der Waals surface area contributed by atoms with Crippen molar-refractivity contribution >= 4 is 11.6 Å². The highest BCUT2D eigenvalue weighted by Crippen LogP contribution is 2.36. The molecule has 2 aromatic carbocycles. The Morgan fingerprint density at radius 1 is 1.00 bits per heavy atom. The number of ether oxygens (including phenoxy) is 1. The molecule has 2 N–H and O–H groups in total. The van der Waals surface area contributed by atoms with Gasteiger partial charge in [-0.15, -0.1) is 0 Å². The lowest BCUT2D eigenvalue weighted by atomic mass is 9.88. The number of nitrogens with one attached hydrogen (secondary N) is 2. The molecule has 0 atom stereocenters. The molecule has 9 heteroatoms. The minimum absolute atomic E-state index is 0.162. The summed E-state index contributed by atoms with van der Waals surface area (Å²) in [6.07, 6.45) is 4.62. The van der Waals surface area contributed by atoms with Gasteiger partial charge in [-0.1, -0.05) is 24.3 Å². The summed E-state index contributed by atoms with van der Waals surface area (Å²) in [4.78, 5) is 33.5. The van der Waals surface area contributed by atoms with Crippen LogP contribution in [0.15, 0.2) is 41.2 Å². The number of nitrogens with zero attached hydrogens (tertiary/aromatic N) is 4. The Morgan fingerprint density at radius 2 is 1.66 bits per heavy atom. The van der Waals surface area contributed by atoms with Gasteiger partial charge in [-0.25, -0.2) is 0 Å². The van der Waals surface area contributed by atoms with Gasteiger partial charge < -0.3 is 19.9 Å². The standard InChI is InChI=1S/C35H50N6O3/c1-7-41(30-14-12-29(13-15-30)38(4)5)33-21-28(27-10-8-26(9-11-27)23-40-16-18-44-19-17-40)20-31(24(33)2)34(42)36-22-32-25(3)39(6)37-35(32)43/h8-11,20-21,29-30H,7,12-19,22-23H2,1-6H3,(H,36,42)(H,37,43). The van der Waals surface area contributed by atoms with Gasteiger partial charge in [-0.05, 0) is 94.9 Å². The molecule has 5 rings (SSSR count). The van der Waals surface area contributed by atoms with Crippen molar-refractivity contribution in [1.29, 1.82) is 0 Å². The first-order valence-electron chi connectivity index (χ1n) is 16.2. The third-order valence-corrected chi connectivity index (χ3v) is 9.82. The average molecular weight is 603 g/mol. The molecule has 1 amide bonds. The maximum atomic E-state index is 13.8. The number of aromatic amines is 1. The van der Waals surface area contributed by atoms with Crippen LogP contribution in [0.2, 0.25) is 0 Å². The molecule has 1 aliphatic heterocycles. The molecule has 1 saturated heterocycles. The number of aromatic nitrogens is 2. The Balaban J connectivity index is 1.45. The van der Waals surface area contributed by atoms with E-state index in [9.17, 15) is 9.59 Å². The Morgan fingerprint density at radius 3 is 2.25 bits per heavy atom. The number of hydrogen-bond acceptors (Lipinski definition) is 6. The fraction of sp³-hybridized carbons (Fsp3) is 0.543. The SMILES string of the molecule is CCN(c1cc(-c2ccc(CN3CCOCC3)cc2)cc(C(=O)NCc2c(C)n(C)[nH]c2=O)c1C)C1CCC(N(C)C)CC1. The van der Waals surface area contributed by atoms with Crippen LogP contribution in [0.3, 0.4) is 0 Å². The molecule has 0 bridgehead atoms. The van der Waals surface area contributed by atoms with E-state index in [4.69, 9.17) is 4.74 Å². The molecule has 0 spiro atoms. The van der Waals surface area contributed by atoms with Crippen molar-refractivity contribution in [3.63, 3.8) is 0 Å². The molecule has 1 aliphatic carbocycles. The highest BCUT2D eigenvalue weighted by atomic mass is 16.5. The van der Waals surface area contributed by atoms with Crippen LogP contribution in [0.4, 0.5) is 5.69 Å². The first-order valence-corrected chi connectivity index (χ1v) is 16.2. The second-order valence-corrected chi connectivity index (χ2v) is 12.7. The molecule has 2 heterocycles. The summed E-state index contributed by atoms with van der Waals surface area (Å²) in [7, 11) is 6.16. The number of rotatable bonds is 10. The molecule has 0 radical (unpaired) electrons. The number of carbonyl (C=O) groups excluding carboxylic acids is 1. The van der Waals surface area contributed by atoms with Crippen LogP contribution in [0.5, 0.6) is 0 Å². The van der Waals surface area contributed by atoms with E-state index >= 15 is 0 Å².